The number of furan rings is 1. The van der Waals surface area contributed by atoms with Crippen molar-refractivity contribution < 1.29 is 22.7 Å². The van der Waals surface area contributed by atoms with Crippen molar-refractivity contribution in [1.82, 2.24) is 9.99 Å². The van der Waals surface area contributed by atoms with Gasteiger partial charge >= 0.3 is 6.18 Å². The first kappa shape index (κ1) is 17.4. The van der Waals surface area contributed by atoms with Crippen LogP contribution in [0.3, 0.4) is 0 Å². The van der Waals surface area contributed by atoms with Gasteiger partial charge in [-0.15, -0.1) is 11.3 Å². The molecular weight excluding hydrogens is 355 g/mol. The molecule has 3 aromatic rings. The Bertz CT molecular complexity index is 884. The van der Waals surface area contributed by atoms with Gasteiger partial charge in [0.2, 0.25) is 0 Å². The summed E-state index contributed by atoms with van der Waals surface area (Å²) in [7, 11) is 3.32. The van der Waals surface area contributed by atoms with Crippen LogP contribution < -0.4 is 0 Å². The number of hydrazone groups is 1. The number of fused-ring (bicyclic) bond motifs is 1. The molecule has 1 N–H and O–H groups in total. The lowest BCUT2D eigenvalue weighted by atomic mass is 10.0. The first-order chi connectivity index (χ1) is 11.7. The number of benzene rings is 1. The zero-order valence-electron chi connectivity index (χ0n) is 13.3. The predicted molar refractivity (Wildman–Crippen MR) is 88.7 cm³/mol. The van der Waals surface area contributed by atoms with E-state index in [1.54, 1.807) is 38.4 Å². The third kappa shape index (κ3) is 3.12. The van der Waals surface area contributed by atoms with Gasteiger partial charge in [0.1, 0.15) is 10.8 Å². The van der Waals surface area contributed by atoms with Gasteiger partial charge in [-0.3, -0.25) is 0 Å². The second-order valence-electron chi connectivity index (χ2n) is 5.49. The molecule has 132 valence electrons. The molecule has 0 spiro atoms. The summed E-state index contributed by atoms with van der Waals surface area (Å²) in [6.45, 7) is 0. The Kier molecular flexibility index (Phi) is 4.29. The van der Waals surface area contributed by atoms with Crippen LogP contribution in [-0.4, -0.2) is 41.6 Å². The molecule has 2 heterocycles. The lowest BCUT2D eigenvalue weighted by Gasteiger charge is -2.26. The molecule has 0 fully saturated rings. The number of hydrogen-bond donors (Lipinski definition) is 1. The summed E-state index contributed by atoms with van der Waals surface area (Å²) in [5.74, 6) is -0.563. The van der Waals surface area contributed by atoms with Crippen molar-refractivity contribution in [3.05, 3.63) is 52.9 Å². The third-order valence-corrected chi connectivity index (χ3v) is 4.56. The number of nitrogens with zero attached hydrogens (tertiary/aromatic N) is 3. The molecule has 2 aromatic heterocycles. The van der Waals surface area contributed by atoms with Gasteiger partial charge in [-0.2, -0.15) is 18.3 Å². The van der Waals surface area contributed by atoms with Crippen molar-refractivity contribution in [3.8, 4) is 0 Å². The molecule has 0 saturated carbocycles. The van der Waals surface area contributed by atoms with Crippen LogP contribution in [0.4, 0.5) is 13.2 Å². The van der Waals surface area contributed by atoms with Gasteiger partial charge in [-0.25, -0.2) is 4.98 Å². The molecule has 9 heteroatoms. The number of halogens is 3. The predicted octanol–water partition coefficient (Wildman–Crippen LogP) is 3.58. The third-order valence-electron chi connectivity index (χ3n) is 3.41. The van der Waals surface area contributed by atoms with Crippen molar-refractivity contribution >= 4 is 27.8 Å². The van der Waals surface area contributed by atoms with Crippen molar-refractivity contribution in [2.75, 3.05) is 14.1 Å². The summed E-state index contributed by atoms with van der Waals surface area (Å²) in [5.41, 5.74) is -2.95. The van der Waals surface area contributed by atoms with E-state index in [9.17, 15) is 18.3 Å². The van der Waals surface area contributed by atoms with Crippen LogP contribution in [-0.2, 0) is 5.60 Å². The SMILES string of the molecule is CN(C)N=Cc1ccc(C(O)(c2nc3ccccc3s2)C(F)(F)F)o1. The van der Waals surface area contributed by atoms with E-state index in [1.165, 1.54) is 17.3 Å². The van der Waals surface area contributed by atoms with Crippen LogP contribution in [0.25, 0.3) is 10.2 Å². The smallest absolute Gasteiger partial charge is 0.431 e. The van der Waals surface area contributed by atoms with E-state index in [2.05, 4.69) is 10.1 Å². The summed E-state index contributed by atoms with van der Waals surface area (Å²) in [6, 6.07) is 8.98. The van der Waals surface area contributed by atoms with Gasteiger partial charge in [0, 0.05) is 14.1 Å². The van der Waals surface area contributed by atoms with E-state index in [-0.39, 0.29) is 5.76 Å². The van der Waals surface area contributed by atoms with Crippen LogP contribution in [0.2, 0.25) is 0 Å². The number of aliphatic hydroxyl groups is 1. The first-order valence-electron chi connectivity index (χ1n) is 7.18. The molecule has 1 aromatic carbocycles. The number of para-hydroxylation sites is 1. The Labute approximate surface area is 145 Å². The second kappa shape index (κ2) is 6.16. The standard InChI is InChI=1S/C16H14F3N3O2S/c1-22(2)20-9-10-7-8-13(24-10)15(23,16(17,18)19)14-21-11-5-3-4-6-12(11)25-14/h3-9,23H,1-2H3. The largest absolute Gasteiger partial charge is 0.456 e. The van der Waals surface area contributed by atoms with Gasteiger partial charge < -0.3 is 14.5 Å². The van der Waals surface area contributed by atoms with Crippen LogP contribution in [0, 0.1) is 0 Å². The Morgan fingerprint density at radius 1 is 1.20 bits per heavy atom. The second-order valence-corrected chi connectivity index (χ2v) is 6.52. The summed E-state index contributed by atoms with van der Waals surface area (Å²) in [4.78, 5) is 3.96. The molecule has 0 bridgehead atoms. The van der Waals surface area contributed by atoms with Crippen LogP contribution in [0.1, 0.15) is 16.5 Å². The molecule has 0 amide bonds. The zero-order chi connectivity index (χ0) is 18.2. The Balaban J connectivity index is 2.11. The molecule has 1 unspecified atom stereocenters. The molecule has 0 aliphatic carbocycles. The zero-order valence-corrected chi connectivity index (χ0v) is 14.1. The first-order valence-corrected chi connectivity index (χ1v) is 8.00. The molecule has 0 aliphatic rings. The van der Waals surface area contributed by atoms with Gasteiger partial charge in [-0.1, -0.05) is 12.1 Å². The molecule has 1 atom stereocenters. The summed E-state index contributed by atoms with van der Waals surface area (Å²) >= 11 is 0.770. The normalized spacial score (nSPS) is 15.0. The highest BCUT2D eigenvalue weighted by molar-refractivity contribution is 7.18. The maximum atomic E-state index is 13.7. The Morgan fingerprint density at radius 2 is 1.92 bits per heavy atom. The van der Waals surface area contributed by atoms with E-state index >= 15 is 0 Å². The average molecular weight is 369 g/mol. The van der Waals surface area contributed by atoms with E-state index in [1.807, 2.05) is 0 Å². The van der Waals surface area contributed by atoms with E-state index in [4.69, 9.17) is 4.42 Å². The number of hydrogen-bond acceptors (Lipinski definition) is 6. The highest BCUT2D eigenvalue weighted by Crippen LogP contribution is 2.46. The van der Waals surface area contributed by atoms with E-state index < -0.39 is 22.5 Å². The van der Waals surface area contributed by atoms with Gasteiger partial charge in [0.25, 0.3) is 5.60 Å². The molecule has 3 rings (SSSR count). The van der Waals surface area contributed by atoms with Gasteiger partial charge in [-0.05, 0) is 24.3 Å². The minimum absolute atomic E-state index is 0.0903. The maximum Gasteiger partial charge on any atom is 0.431 e. The fourth-order valence-electron chi connectivity index (χ4n) is 2.18. The molecule has 25 heavy (non-hydrogen) atoms. The molecule has 0 radical (unpaired) electrons. The van der Waals surface area contributed by atoms with Crippen LogP contribution >= 0.6 is 11.3 Å². The topological polar surface area (TPSA) is 61.9 Å². The summed E-state index contributed by atoms with van der Waals surface area (Å²) < 4.78 is 47.0. The van der Waals surface area contributed by atoms with Crippen molar-refractivity contribution in [2.24, 2.45) is 5.10 Å². The number of alkyl halides is 3. The molecule has 0 aliphatic heterocycles. The molecule has 5 nitrogen and oxygen atoms in total. The highest BCUT2D eigenvalue weighted by atomic mass is 32.1. The monoisotopic (exact) mass is 369 g/mol. The lowest BCUT2D eigenvalue weighted by molar-refractivity contribution is -0.254. The molecular formula is C16H14F3N3O2S. The Morgan fingerprint density at radius 3 is 2.56 bits per heavy atom. The van der Waals surface area contributed by atoms with Gasteiger partial charge in [0.05, 0.1) is 16.4 Å². The Hall–Kier alpha value is -2.39. The minimum Gasteiger partial charge on any atom is -0.456 e. The van der Waals surface area contributed by atoms with E-state index in [0.29, 0.717) is 10.2 Å². The average Bonchev–Trinajstić information content (AvgIpc) is 3.18. The van der Waals surface area contributed by atoms with Crippen molar-refractivity contribution in [3.63, 3.8) is 0 Å². The number of thiazole rings is 1. The maximum absolute atomic E-state index is 13.7. The number of rotatable bonds is 4. The minimum atomic E-state index is -5.01. The van der Waals surface area contributed by atoms with Crippen LogP contribution in [0.15, 0.2) is 45.9 Å². The van der Waals surface area contributed by atoms with Crippen LogP contribution in [0.5, 0.6) is 0 Å². The van der Waals surface area contributed by atoms with Crippen molar-refractivity contribution in [1.29, 1.82) is 0 Å². The highest BCUT2D eigenvalue weighted by Gasteiger charge is 2.60. The fraction of sp³-hybridized carbons (Fsp3) is 0.250. The van der Waals surface area contributed by atoms with Gasteiger partial charge in [0.15, 0.2) is 5.76 Å². The quantitative estimate of drug-likeness (QED) is 0.564. The van der Waals surface area contributed by atoms with E-state index in [0.717, 1.165) is 17.4 Å². The van der Waals surface area contributed by atoms with Crippen molar-refractivity contribution in [2.45, 2.75) is 11.8 Å². The summed E-state index contributed by atoms with van der Waals surface area (Å²) in [6.07, 6.45) is -3.74. The number of aromatic nitrogens is 1. The summed E-state index contributed by atoms with van der Waals surface area (Å²) in [5, 5.41) is 15.4. The molecule has 0 saturated heterocycles. The lowest BCUT2D eigenvalue weighted by Crippen LogP contribution is -2.43. The fourth-order valence-corrected chi connectivity index (χ4v) is 3.26.